The van der Waals surface area contributed by atoms with E-state index < -0.39 is 0 Å². The quantitative estimate of drug-likeness (QED) is 0.671. The number of aromatic nitrogens is 1. The van der Waals surface area contributed by atoms with Gasteiger partial charge in [-0.05, 0) is 17.7 Å². The molecule has 1 heterocycles. The highest BCUT2D eigenvalue weighted by Gasteiger charge is 2.19. The molecule has 3 rings (SSSR count). The fourth-order valence-corrected chi connectivity index (χ4v) is 2.61. The maximum absolute atomic E-state index is 6.33. The van der Waals surface area contributed by atoms with Gasteiger partial charge in [-0.1, -0.05) is 40.5 Å². The summed E-state index contributed by atoms with van der Waals surface area (Å²) in [6, 6.07) is 18.2. The molecule has 2 aromatic carbocycles. The predicted molar refractivity (Wildman–Crippen MR) is 80.0 cm³/mol. The van der Waals surface area contributed by atoms with Crippen LogP contribution in [0.2, 0.25) is 0 Å². The van der Waals surface area contributed by atoms with Gasteiger partial charge < -0.3 is 5.73 Å². The molecule has 0 saturated carbocycles. The van der Waals surface area contributed by atoms with Crippen LogP contribution in [0.25, 0.3) is 22.0 Å². The van der Waals surface area contributed by atoms with E-state index in [1.165, 1.54) is 5.56 Å². The van der Waals surface area contributed by atoms with E-state index in [1.54, 1.807) is 4.09 Å². The van der Waals surface area contributed by atoms with Crippen molar-refractivity contribution in [1.29, 1.82) is 0 Å². The van der Waals surface area contributed by atoms with E-state index in [4.69, 9.17) is 17.5 Å². The van der Waals surface area contributed by atoms with Crippen molar-refractivity contribution in [3.05, 3.63) is 60.3 Å². The predicted octanol–water partition coefficient (Wildman–Crippen LogP) is 3.69. The number of hydrogen-bond acceptors (Lipinski definition) is 1. The SMILES string of the molecule is Cc1cc(-c2ccccc2)c2cccc(N)c2[n+]1Cl. The van der Waals surface area contributed by atoms with Crippen molar-refractivity contribution >= 4 is 28.4 Å². The lowest BCUT2D eigenvalue weighted by Crippen LogP contribution is -2.26. The Morgan fingerprint density at radius 1 is 1.00 bits per heavy atom. The summed E-state index contributed by atoms with van der Waals surface area (Å²) >= 11 is 6.33. The van der Waals surface area contributed by atoms with E-state index in [1.807, 2.05) is 43.3 Å². The Balaban J connectivity index is 2.44. The Morgan fingerprint density at radius 3 is 2.47 bits per heavy atom. The van der Waals surface area contributed by atoms with Gasteiger partial charge in [-0.2, -0.15) is 0 Å². The molecule has 0 aliphatic heterocycles. The molecule has 0 spiro atoms. The number of nitrogens with zero attached hydrogens (tertiary/aromatic N) is 1. The molecule has 3 heteroatoms. The largest absolute Gasteiger partial charge is 0.393 e. The van der Waals surface area contributed by atoms with Crippen molar-refractivity contribution < 1.29 is 4.09 Å². The van der Waals surface area contributed by atoms with Crippen LogP contribution in [-0.2, 0) is 0 Å². The maximum Gasteiger partial charge on any atom is 0.268 e. The van der Waals surface area contributed by atoms with Crippen molar-refractivity contribution in [2.75, 3.05) is 5.73 Å². The summed E-state index contributed by atoms with van der Waals surface area (Å²) in [6.45, 7) is 1.98. The first-order chi connectivity index (χ1) is 9.18. The molecule has 0 saturated heterocycles. The Bertz CT molecular complexity index is 752. The smallest absolute Gasteiger partial charge is 0.268 e. The highest BCUT2D eigenvalue weighted by molar-refractivity contribution is 6.09. The minimum atomic E-state index is 0.688. The van der Waals surface area contributed by atoms with Gasteiger partial charge in [0.1, 0.15) is 5.69 Å². The fraction of sp³-hybridized carbons (Fsp3) is 0.0625. The molecule has 0 aliphatic rings. The van der Waals surface area contributed by atoms with Crippen molar-refractivity contribution in [3.8, 4) is 11.1 Å². The summed E-state index contributed by atoms with van der Waals surface area (Å²) in [7, 11) is 0. The minimum Gasteiger partial charge on any atom is -0.393 e. The molecule has 0 unspecified atom stereocenters. The van der Waals surface area contributed by atoms with Gasteiger partial charge >= 0.3 is 0 Å². The molecular formula is C16H14ClN2+. The van der Waals surface area contributed by atoms with Gasteiger partial charge in [0.15, 0.2) is 0 Å². The average Bonchev–Trinajstić information content (AvgIpc) is 2.43. The standard InChI is InChI=1S/C16H14ClN2/c1-11-10-14(12-6-3-2-4-7-12)13-8-5-9-15(18)16(13)19(11)17/h2-10H,18H2,1H3/q+1. The maximum atomic E-state index is 6.33. The van der Waals surface area contributed by atoms with Crippen molar-refractivity contribution in [2.24, 2.45) is 0 Å². The van der Waals surface area contributed by atoms with Crippen molar-refractivity contribution in [1.82, 2.24) is 0 Å². The van der Waals surface area contributed by atoms with Crippen LogP contribution in [0.4, 0.5) is 5.69 Å². The zero-order valence-corrected chi connectivity index (χ0v) is 11.4. The summed E-state index contributed by atoms with van der Waals surface area (Å²) in [4.78, 5) is 0. The lowest BCUT2D eigenvalue weighted by atomic mass is 10.00. The molecule has 94 valence electrons. The van der Waals surface area contributed by atoms with Gasteiger partial charge in [0, 0.05) is 18.6 Å². The zero-order valence-electron chi connectivity index (χ0n) is 10.6. The van der Waals surface area contributed by atoms with Crippen LogP contribution in [0.15, 0.2) is 54.6 Å². The number of anilines is 1. The van der Waals surface area contributed by atoms with Crippen LogP contribution in [0.1, 0.15) is 5.69 Å². The molecule has 3 aromatic rings. The molecule has 2 nitrogen and oxygen atoms in total. The topological polar surface area (TPSA) is 29.9 Å². The van der Waals surface area contributed by atoms with Crippen LogP contribution in [0, 0.1) is 6.92 Å². The second-order valence-corrected chi connectivity index (χ2v) is 4.93. The molecule has 2 N–H and O–H groups in total. The number of benzene rings is 2. The molecule has 0 bridgehead atoms. The first-order valence-corrected chi connectivity index (χ1v) is 6.48. The molecule has 0 amide bonds. The Kier molecular flexibility index (Phi) is 2.88. The third-order valence-corrected chi connectivity index (χ3v) is 3.74. The summed E-state index contributed by atoms with van der Waals surface area (Å²) in [5.74, 6) is 0. The lowest BCUT2D eigenvalue weighted by molar-refractivity contribution is -0.496. The monoisotopic (exact) mass is 269 g/mol. The summed E-state index contributed by atoms with van der Waals surface area (Å²) in [6.07, 6.45) is 0. The van der Waals surface area contributed by atoms with Crippen molar-refractivity contribution in [3.63, 3.8) is 0 Å². The van der Waals surface area contributed by atoms with E-state index in [9.17, 15) is 0 Å². The van der Waals surface area contributed by atoms with Gasteiger partial charge in [-0.3, -0.25) is 0 Å². The molecular weight excluding hydrogens is 256 g/mol. The normalized spacial score (nSPS) is 10.8. The van der Waals surface area contributed by atoms with E-state index in [0.29, 0.717) is 5.69 Å². The third kappa shape index (κ3) is 1.94. The van der Waals surface area contributed by atoms with Gasteiger partial charge in [-0.25, -0.2) is 0 Å². The molecule has 0 fully saturated rings. The Labute approximate surface area is 117 Å². The first kappa shape index (κ1) is 12.0. The number of hydrogen-bond donors (Lipinski definition) is 1. The molecule has 0 radical (unpaired) electrons. The van der Waals surface area contributed by atoms with Crippen LogP contribution in [0.5, 0.6) is 0 Å². The number of pyridine rings is 1. The van der Waals surface area contributed by atoms with Crippen LogP contribution < -0.4 is 9.82 Å². The summed E-state index contributed by atoms with van der Waals surface area (Å²) in [5, 5.41) is 1.06. The average molecular weight is 270 g/mol. The molecule has 19 heavy (non-hydrogen) atoms. The number of nitrogen functional groups attached to an aromatic ring is 1. The lowest BCUT2D eigenvalue weighted by Gasteiger charge is -2.07. The van der Waals surface area contributed by atoms with Crippen LogP contribution in [0.3, 0.4) is 0 Å². The van der Waals surface area contributed by atoms with Crippen LogP contribution in [-0.4, -0.2) is 0 Å². The summed E-state index contributed by atoms with van der Waals surface area (Å²) in [5.41, 5.74) is 10.9. The highest BCUT2D eigenvalue weighted by atomic mass is 35.5. The number of halogens is 1. The molecule has 0 aliphatic carbocycles. The summed E-state index contributed by atoms with van der Waals surface area (Å²) < 4.78 is 1.62. The van der Waals surface area contributed by atoms with E-state index >= 15 is 0 Å². The van der Waals surface area contributed by atoms with Crippen LogP contribution >= 0.6 is 11.8 Å². The van der Waals surface area contributed by atoms with Gasteiger partial charge in [0.2, 0.25) is 5.69 Å². The number of nitrogens with two attached hydrogens (primary N) is 1. The van der Waals surface area contributed by atoms with Gasteiger partial charge in [-0.15, -0.1) is 0 Å². The number of fused-ring (bicyclic) bond motifs is 1. The second kappa shape index (κ2) is 4.56. The van der Waals surface area contributed by atoms with E-state index in [2.05, 4.69) is 18.2 Å². The van der Waals surface area contributed by atoms with E-state index in [-0.39, 0.29) is 0 Å². The fourth-order valence-electron chi connectivity index (χ4n) is 2.37. The van der Waals surface area contributed by atoms with Gasteiger partial charge in [0.05, 0.1) is 5.39 Å². The molecule has 1 aromatic heterocycles. The minimum absolute atomic E-state index is 0.688. The number of rotatable bonds is 1. The Hall–Kier alpha value is -2.06. The number of para-hydroxylation sites is 1. The third-order valence-electron chi connectivity index (χ3n) is 3.30. The first-order valence-electron chi connectivity index (χ1n) is 6.14. The van der Waals surface area contributed by atoms with Gasteiger partial charge in [0.25, 0.3) is 17.3 Å². The highest BCUT2D eigenvalue weighted by Crippen LogP contribution is 2.30. The molecule has 0 atom stereocenters. The van der Waals surface area contributed by atoms with Crippen molar-refractivity contribution in [2.45, 2.75) is 6.92 Å². The zero-order chi connectivity index (χ0) is 13.4. The Morgan fingerprint density at radius 2 is 1.74 bits per heavy atom. The van der Waals surface area contributed by atoms with E-state index in [0.717, 1.165) is 22.2 Å². The number of aryl methyl sites for hydroxylation is 1. The second-order valence-electron chi connectivity index (χ2n) is 4.59.